The number of carbonyl (C=O) groups excluding carboxylic acids is 1. The summed E-state index contributed by atoms with van der Waals surface area (Å²) < 4.78 is 0. The Bertz CT molecular complexity index is 996. The Morgan fingerprint density at radius 1 is 1.07 bits per heavy atom. The van der Waals surface area contributed by atoms with Crippen molar-refractivity contribution in [3.63, 3.8) is 0 Å². The lowest BCUT2D eigenvalue weighted by Crippen LogP contribution is -2.29. The van der Waals surface area contributed by atoms with Gasteiger partial charge in [0.1, 0.15) is 0 Å². The Labute approximate surface area is 173 Å². The SMILES string of the molecule is Cc1cc(C)c([C@@H](C)NC(=O)c2cccc(-c3ccccc3)c2CN(C)C)cn1. The molecule has 0 saturated carbocycles. The molecule has 4 nitrogen and oxygen atoms in total. The molecule has 0 spiro atoms. The Morgan fingerprint density at radius 2 is 1.79 bits per heavy atom. The van der Waals surface area contributed by atoms with Crippen molar-refractivity contribution in [2.45, 2.75) is 33.4 Å². The van der Waals surface area contributed by atoms with Crippen molar-refractivity contribution in [2.75, 3.05) is 14.1 Å². The molecule has 4 heteroatoms. The van der Waals surface area contributed by atoms with Gasteiger partial charge in [0, 0.05) is 24.0 Å². The summed E-state index contributed by atoms with van der Waals surface area (Å²) in [6.45, 7) is 6.72. The zero-order valence-electron chi connectivity index (χ0n) is 17.9. The number of benzene rings is 2. The summed E-state index contributed by atoms with van der Waals surface area (Å²) in [7, 11) is 4.04. The number of aromatic nitrogens is 1. The molecule has 2 aromatic carbocycles. The number of hydrogen-bond donors (Lipinski definition) is 1. The van der Waals surface area contributed by atoms with Crippen molar-refractivity contribution in [1.82, 2.24) is 15.2 Å². The fraction of sp³-hybridized carbons (Fsp3) is 0.280. The number of amides is 1. The smallest absolute Gasteiger partial charge is 0.252 e. The molecule has 0 aliphatic rings. The first-order valence-electron chi connectivity index (χ1n) is 9.93. The third kappa shape index (κ3) is 4.90. The van der Waals surface area contributed by atoms with Gasteiger partial charge in [-0.15, -0.1) is 0 Å². The molecule has 0 unspecified atom stereocenters. The van der Waals surface area contributed by atoms with Crippen molar-refractivity contribution in [2.24, 2.45) is 0 Å². The second-order valence-electron chi connectivity index (χ2n) is 7.81. The van der Waals surface area contributed by atoms with Crippen LogP contribution in [0.25, 0.3) is 11.1 Å². The van der Waals surface area contributed by atoms with Gasteiger partial charge in [-0.25, -0.2) is 0 Å². The first-order valence-corrected chi connectivity index (χ1v) is 9.93. The lowest BCUT2D eigenvalue weighted by Gasteiger charge is -2.21. The number of nitrogens with zero attached hydrogens (tertiary/aromatic N) is 2. The zero-order valence-corrected chi connectivity index (χ0v) is 17.9. The van der Waals surface area contributed by atoms with Gasteiger partial charge >= 0.3 is 0 Å². The molecular weight excluding hydrogens is 358 g/mol. The van der Waals surface area contributed by atoms with E-state index < -0.39 is 0 Å². The van der Waals surface area contributed by atoms with Crippen LogP contribution >= 0.6 is 0 Å². The molecule has 1 heterocycles. The van der Waals surface area contributed by atoms with Gasteiger partial charge in [-0.3, -0.25) is 9.78 Å². The van der Waals surface area contributed by atoms with Crippen LogP contribution in [-0.4, -0.2) is 29.9 Å². The molecule has 29 heavy (non-hydrogen) atoms. The highest BCUT2D eigenvalue weighted by Gasteiger charge is 2.19. The van der Waals surface area contributed by atoms with E-state index in [2.05, 4.69) is 40.3 Å². The Balaban J connectivity index is 1.95. The fourth-order valence-electron chi connectivity index (χ4n) is 3.69. The topological polar surface area (TPSA) is 45.2 Å². The average molecular weight is 388 g/mol. The van der Waals surface area contributed by atoms with Gasteiger partial charge in [0.2, 0.25) is 0 Å². The number of carbonyl (C=O) groups is 1. The van der Waals surface area contributed by atoms with Crippen LogP contribution < -0.4 is 5.32 Å². The van der Waals surface area contributed by atoms with Crippen LogP contribution in [0.4, 0.5) is 0 Å². The Kier molecular flexibility index (Phi) is 6.45. The molecule has 3 rings (SSSR count). The van der Waals surface area contributed by atoms with Crippen LogP contribution in [0.15, 0.2) is 60.8 Å². The predicted molar refractivity (Wildman–Crippen MR) is 119 cm³/mol. The minimum Gasteiger partial charge on any atom is -0.345 e. The molecular formula is C25H29N3O. The van der Waals surface area contributed by atoms with Gasteiger partial charge in [0.05, 0.1) is 6.04 Å². The third-order valence-corrected chi connectivity index (χ3v) is 5.08. The lowest BCUT2D eigenvalue weighted by molar-refractivity contribution is 0.0938. The van der Waals surface area contributed by atoms with Gasteiger partial charge in [0.15, 0.2) is 0 Å². The first kappa shape index (κ1) is 20.7. The molecule has 0 bridgehead atoms. The highest BCUT2D eigenvalue weighted by atomic mass is 16.1. The van der Waals surface area contributed by atoms with Crippen LogP contribution in [0.2, 0.25) is 0 Å². The summed E-state index contributed by atoms with van der Waals surface area (Å²) in [6.07, 6.45) is 1.86. The van der Waals surface area contributed by atoms with Gasteiger partial charge in [-0.2, -0.15) is 0 Å². The largest absolute Gasteiger partial charge is 0.345 e. The maximum atomic E-state index is 13.2. The summed E-state index contributed by atoms with van der Waals surface area (Å²) in [5.41, 5.74) is 7.11. The molecule has 0 aliphatic heterocycles. The standard InChI is InChI=1S/C25H29N3O/c1-17-14-18(2)26-15-23(17)19(3)27-25(29)22-13-9-12-21(24(22)16-28(4)5)20-10-7-6-8-11-20/h6-15,19H,16H2,1-5H3,(H,27,29)/t19-/m1/s1. The van der Waals surface area contributed by atoms with Crippen LogP contribution in [0.1, 0.15) is 45.7 Å². The molecule has 3 aromatic rings. The molecule has 1 amide bonds. The molecule has 150 valence electrons. The van der Waals surface area contributed by atoms with Crippen molar-refractivity contribution >= 4 is 5.91 Å². The maximum Gasteiger partial charge on any atom is 0.252 e. The molecule has 0 saturated heterocycles. The molecule has 0 fully saturated rings. The number of pyridine rings is 1. The fourth-order valence-corrected chi connectivity index (χ4v) is 3.69. The summed E-state index contributed by atoms with van der Waals surface area (Å²) >= 11 is 0. The van der Waals surface area contributed by atoms with Crippen molar-refractivity contribution in [3.8, 4) is 11.1 Å². The highest BCUT2D eigenvalue weighted by molar-refractivity contribution is 5.98. The van der Waals surface area contributed by atoms with Crippen molar-refractivity contribution in [1.29, 1.82) is 0 Å². The van der Waals surface area contributed by atoms with Gasteiger partial charge < -0.3 is 10.2 Å². The maximum absolute atomic E-state index is 13.2. The second-order valence-corrected chi connectivity index (χ2v) is 7.81. The van der Waals surface area contributed by atoms with E-state index in [4.69, 9.17) is 0 Å². The van der Waals surface area contributed by atoms with Crippen molar-refractivity contribution in [3.05, 3.63) is 88.7 Å². The van der Waals surface area contributed by atoms with Gasteiger partial charge in [-0.05, 0) is 74.8 Å². The Morgan fingerprint density at radius 3 is 2.45 bits per heavy atom. The van der Waals surface area contributed by atoms with E-state index in [9.17, 15) is 4.79 Å². The zero-order chi connectivity index (χ0) is 21.0. The number of rotatable bonds is 6. The molecule has 0 radical (unpaired) electrons. The van der Waals surface area contributed by atoms with Crippen LogP contribution in [0.3, 0.4) is 0 Å². The summed E-state index contributed by atoms with van der Waals surface area (Å²) in [5.74, 6) is -0.0629. The second kappa shape index (κ2) is 9.01. The average Bonchev–Trinajstić information content (AvgIpc) is 2.68. The minimum absolute atomic E-state index is 0.0629. The van der Waals surface area contributed by atoms with E-state index in [0.29, 0.717) is 12.1 Å². The molecule has 1 atom stereocenters. The first-order chi connectivity index (χ1) is 13.9. The Hall–Kier alpha value is -2.98. The van der Waals surface area contributed by atoms with Gasteiger partial charge in [0.25, 0.3) is 5.91 Å². The molecule has 1 N–H and O–H groups in total. The van der Waals surface area contributed by atoms with E-state index in [1.807, 2.05) is 70.5 Å². The number of aryl methyl sites for hydroxylation is 2. The normalized spacial score (nSPS) is 12.1. The monoisotopic (exact) mass is 387 g/mol. The molecule has 0 aliphatic carbocycles. The van der Waals surface area contributed by atoms with Crippen LogP contribution in [0.5, 0.6) is 0 Å². The van der Waals surface area contributed by atoms with E-state index in [-0.39, 0.29) is 11.9 Å². The van der Waals surface area contributed by atoms with E-state index in [1.54, 1.807) is 0 Å². The summed E-state index contributed by atoms with van der Waals surface area (Å²) in [5, 5.41) is 3.17. The third-order valence-electron chi connectivity index (χ3n) is 5.08. The van der Waals surface area contributed by atoms with Crippen LogP contribution in [-0.2, 0) is 6.54 Å². The highest BCUT2D eigenvalue weighted by Crippen LogP contribution is 2.28. The number of hydrogen-bond acceptors (Lipinski definition) is 3. The van der Waals surface area contributed by atoms with E-state index in [1.165, 1.54) is 0 Å². The molecule has 1 aromatic heterocycles. The van der Waals surface area contributed by atoms with E-state index in [0.717, 1.165) is 33.5 Å². The van der Waals surface area contributed by atoms with Crippen LogP contribution in [0, 0.1) is 13.8 Å². The lowest BCUT2D eigenvalue weighted by atomic mass is 9.94. The minimum atomic E-state index is -0.122. The van der Waals surface area contributed by atoms with Crippen molar-refractivity contribution < 1.29 is 4.79 Å². The predicted octanol–water partition coefficient (Wildman–Crippen LogP) is 4.92. The number of nitrogens with one attached hydrogen (secondary N) is 1. The summed E-state index contributed by atoms with van der Waals surface area (Å²) in [4.78, 5) is 19.7. The summed E-state index contributed by atoms with van der Waals surface area (Å²) in [6, 6.07) is 18.1. The quantitative estimate of drug-likeness (QED) is 0.653. The van der Waals surface area contributed by atoms with E-state index >= 15 is 0 Å². The van der Waals surface area contributed by atoms with Gasteiger partial charge in [-0.1, -0.05) is 42.5 Å².